The molecule has 1 fully saturated rings. The molecule has 0 aromatic carbocycles. The smallest absolute Gasteiger partial charge is 0.170 e. The number of halogens is 1. The van der Waals surface area contributed by atoms with E-state index in [1.165, 1.54) is 0 Å². The number of pyridine rings is 1. The van der Waals surface area contributed by atoms with E-state index < -0.39 is 0 Å². The first kappa shape index (κ1) is 15.2. The number of hydrogen-bond acceptors (Lipinski definition) is 4. The molecular weight excluding hydrogens is 255 g/mol. The molecule has 2 rings (SSSR count). The summed E-state index contributed by atoms with van der Waals surface area (Å²) < 4.78 is 14.5. The first-order chi connectivity index (χ1) is 9.63. The van der Waals surface area contributed by atoms with E-state index in [4.69, 9.17) is 0 Å². The molecule has 0 bridgehead atoms. The van der Waals surface area contributed by atoms with E-state index in [9.17, 15) is 4.39 Å². The van der Waals surface area contributed by atoms with Crippen molar-refractivity contribution < 1.29 is 4.39 Å². The number of rotatable bonds is 6. The maximum atomic E-state index is 14.5. The van der Waals surface area contributed by atoms with Gasteiger partial charge >= 0.3 is 0 Å². The fourth-order valence-corrected chi connectivity index (χ4v) is 2.58. The van der Waals surface area contributed by atoms with Crippen molar-refractivity contribution in [1.29, 1.82) is 0 Å². The SMILES string of the molecule is CCCNCc1ccnc(N2CCC(N(C)C)C2)c1F. The van der Waals surface area contributed by atoms with Gasteiger partial charge in [-0.2, -0.15) is 0 Å². The second-order valence-electron chi connectivity index (χ2n) is 5.64. The van der Waals surface area contributed by atoms with Crippen molar-refractivity contribution in [3.63, 3.8) is 0 Å². The van der Waals surface area contributed by atoms with Crippen LogP contribution in [0.4, 0.5) is 10.2 Å². The number of likely N-dealkylation sites (N-methyl/N-ethyl adjacent to an activating group) is 1. The maximum Gasteiger partial charge on any atom is 0.170 e. The summed E-state index contributed by atoms with van der Waals surface area (Å²) in [6.07, 6.45) is 3.83. The highest BCUT2D eigenvalue weighted by Crippen LogP contribution is 2.24. The molecule has 20 heavy (non-hydrogen) atoms. The molecule has 112 valence electrons. The minimum absolute atomic E-state index is 0.171. The van der Waals surface area contributed by atoms with Crippen molar-refractivity contribution in [2.24, 2.45) is 0 Å². The van der Waals surface area contributed by atoms with Crippen LogP contribution >= 0.6 is 0 Å². The van der Waals surface area contributed by atoms with Gasteiger partial charge in [0.25, 0.3) is 0 Å². The topological polar surface area (TPSA) is 31.4 Å². The average Bonchev–Trinajstić information content (AvgIpc) is 2.90. The lowest BCUT2D eigenvalue weighted by Gasteiger charge is -2.22. The van der Waals surface area contributed by atoms with Crippen molar-refractivity contribution in [3.05, 3.63) is 23.6 Å². The van der Waals surface area contributed by atoms with Gasteiger partial charge in [0.2, 0.25) is 0 Å². The Balaban J connectivity index is 2.07. The molecule has 1 unspecified atom stereocenters. The Morgan fingerprint density at radius 1 is 1.50 bits per heavy atom. The van der Waals surface area contributed by atoms with E-state index in [1.54, 1.807) is 12.3 Å². The fourth-order valence-electron chi connectivity index (χ4n) is 2.58. The molecule has 4 nitrogen and oxygen atoms in total. The van der Waals surface area contributed by atoms with E-state index >= 15 is 0 Å². The van der Waals surface area contributed by atoms with Crippen LogP contribution in [-0.4, -0.2) is 49.7 Å². The molecule has 1 aliphatic heterocycles. The van der Waals surface area contributed by atoms with Crippen LogP contribution in [0.2, 0.25) is 0 Å². The van der Waals surface area contributed by atoms with Crippen LogP contribution in [-0.2, 0) is 6.54 Å². The van der Waals surface area contributed by atoms with Gasteiger partial charge in [-0.15, -0.1) is 0 Å². The first-order valence-electron chi connectivity index (χ1n) is 7.39. The Labute approximate surface area is 121 Å². The largest absolute Gasteiger partial charge is 0.353 e. The van der Waals surface area contributed by atoms with Crippen molar-refractivity contribution in [2.45, 2.75) is 32.4 Å². The summed E-state index contributed by atoms with van der Waals surface area (Å²) >= 11 is 0. The van der Waals surface area contributed by atoms with Gasteiger partial charge in [0, 0.05) is 37.4 Å². The van der Waals surface area contributed by atoms with Gasteiger partial charge in [-0.1, -0.05) is 6.92 Å². The van der Waals surface area contributed by atoms with Gasteiger partial charge in [-0.25, -0.2) is 9.37 Å². The van der Waals surface area contributed by atoms with Crippen molar-refractivity contribution in [1.82, 2.24) is 15.2 Å². The van der Waals surface area contributed by atoms with Gasteiger partial charge in [-0.3, -0.25) is 0 Å². The molecule has 1 aromatic heterocycles. The molecule has 2 heterocycles. The predicted octanol–water partition coefficient (Wildman–Crippen LogP) is 1.86. The summed E-state index contributed by atoms with van der Waals surface area (Å²) in [5.74, 6) is 0.334. The second kappa shape index (κ2) is 6.99. The third kappa shape index (κ3) is 3.46. The quantitative estimate of drug-likeness (QED) is 0.806. The van der Waals surface area contributed by atoms with E-state index in [0.29, 0.717) is 24.0 Å². The molecule has 0 amide bonds. The van der Waals surface area contributed by atoms with Crippen LogP contribution in [0, 0.1) is 5.82 Å². The van der Waals surface area contributed by atoms with Crippen LogP contribution in [0.1, 0.15) is 25.3 Å². The first-order valence-corrected chi connectivity index (χ1v) is 7.39. The summed E-state index contributed by atoms with van der Waals surface area (Å²) in [4.78, 5) is 8.51. The van der Waals surface area contributed by atoms with Gasteiger partial charge in [0.1, 0.15) is 0 Å². The predicted molar refractivity (Wildman–Crippen MR) is 80.5 cm³/mol. The second-order valence-corrected chi connectivity index (χ2v) is 5.64. The van der Waals surface area contributed by atoms with Crippen LogP contribution < -0.4 is 10.2 Å². The zero-order chi connectivity index (χ0) is 14.5. The highest BCUT2D eigenvalue weighted by atomic mass is 19.1. The Morgan fingerprint density at radius 3 is 2.95 bits per heavy atom. The zero-order valence-corrected chi connectivity index (χ0v) is 12.7. The molecule has 0 saturated carbocycles. The summed E-state index contributed by atoms with van der Waals surface area (Å²) in [6, 6.07) is 2.25. The van der Waals surface area contributed by atoms with Crippen molar-refractivity contribution in [3.8, 4) is 0 Å². The number of anilines is 1. The number of nitrogens with one attached hydrogen (secondary N) is 1. The maximum absolute atomic E-state index is 14.5. The molecule has 1 saturated heterocycles. The van der Waals surface area contributed by atoms with Gasteiger partial charge in [0.15, 0.2) is 11.6 Å². The van der Waals surface area contributed by atoms with E-state index in [2.05, 4.69) is 41.1 Å². The Kier molecular flexibility index (Phi) is 5.31. The van der Waals surface area contributed by atoms with Crippen LogP contribution in [0.5, 0.6) is 0 Å². The average molecular weight is 280 g/mol. The molecule has 0 aliphatic carbocycles. The van der Waals surface area contributed by atoms with Gasteiger partial charge < -0.3 is 15.1 Å². The molecule has 1 atom stereocenters. The lowest BCUT2D eigenvalue weighted by Crippen LogP contribution is -2.32. The molecule has 1 N–H and O–H groups in total. The van der Waals surface area contributed by atoms with Crippen LogP contribution in [0.25, 0.3) is 0 Å². The molecule has 0 spiro atoms. The summed E-state index contributed by atoms with van der Waals surface area (Å²) in [7, 11) is 4.14. The molecule has 0 radical (unpaired) electrons. The summed E-state index contributed by atoms with van der Waals surface area (Å²) in [5, 5.41) is 3.24. The minimum Gasteiger partial charge on any atom is -0.353 e. The molecule has 5 heteroatoms. The lowest BCUT2D eigenvalue weighted by molar-refractivity contribution is 0.315. The molecular formula is C15H25FN4. The summed E-state index contributed by atoms with van der Waals surface area (Å²) in [6.45, 7) is 5.30. The Hall–Kier alpha value is -1.20. The van der Waals surface area contributed by atoms with Crippen molar-refractivity contribution >= 4 is 5.82 Å². The van der Waals surface area contributed by atoms with Crippen LogP contribution in [0.3, 0.4) is 0 Å². The number of aromatic nitrogens is 1. The Bertz CT molecular complexity index is 436. The van der Waals surface area contributed by atoms with Crippen LogP contribution in [0.15, 0.2) is 12.3 Å². The standard InChI is InChI=1S/C15H25FN4/c1-4-7-17-10-12-5-8-18-15(14(12)16)20-9-6-13(11-20)19(2)3/h5,8,13,17H,4,6-7,9-11H2,1-3H3. The van der Waals surface area contributed by atoms with E-state index in [0.717, 1.165) is 32.5 Å². The Morgan fingerprint density at radius 2 is 2.30 bits per heavy atom. The lowest BCUT2D eigenvalue weighted by atomic mass is 10.2. The van der Waals surface area contributed by atoms with E-state index in [-0.39, 0.29) is 5.82 Å². The zero-order valence-electron chi connectivity index (χ0n) is 12.7. The minimum atomic E-state index is -0.171. The monoisotopic (exact) mass is 280 g/mol. The third-order valence-electron chi connectivity index (χ3n) is 3.89. The highest BCUT2D eigenvalue weighted by molar-refractivity contribution is 5.44. The highest BCUT2D eigenvalue weighted by Gasteiger charge is 2.27. The number of nitrogens with zero attached hydrogens (tertiary/aromatic N) is 3. The number of hydrogen-bond donors (Lipinski definition) is 1. The fraction of sp³-hybridized carbons (Fsp3) is 0.667. The molecule has 1 aliphatic rings. The van der Waals surface area contributed by atoms with Gasteiger partial charge in [-0.05, 0) is 39.5 Å². The van der Waals surface area contributed by atoms with Crippen molar-refractivity contribution in [2.75, 3.05) is 38.6 Å². The molecule has 1 aromatic rings. The summed E-state index contributed by atoms with van der Waals surface area (Å²) in [5.41, 5.74) is 0.705. The van der Waals surface area contributed by atoms with E-state index in [1.807, 2.05) is 0 Å². The normalized spacial score (nSPS) is 19.1. The third-order valence-corrected chi connectivity index (χ3v) is 3.89. The van der Waals surface area contributed by atoms with Gasteiger partial charge in [0.05, 0.1) is 0 Å².